The highest BCUT2D eigenvalue weighted by atomic mass is 16.5. The average Bonchev–Trinajstić information content (AvgIpc) is 3.63. The summed E-state index contributed by atoms with van der Waals surface area (Å²) in [7, 11) is 1.64. The van der Waals surface area contributed by atoms with Crippen molar-refractivity contribution in [2.75, 3.05) is 12.0 Å². The molecule has 7 heteroatoms. The molecule has 0 saturated carbocycles. The third-order valence-corrected chi connectivity index (χ3v) is 6.07. The zero-order chi connectivity index (χ0) is 23.1. The van der Waals surface area contributed by atoms with E-state index in [-0.39, 0.29) is 11.9 Å². The maximum atomic E-state index is 13.6. The van der Waals surface area contributed by atoms with Gasteiger partial charge in [-0.3, -0.25) is 14.8 Å². The van der Waals surface area contributed by atoms with E-state index in [1.165, 1.54) is 0 Å². The van der Waals surface area contributed by atoms with Gasteiger partial charge in [-0.25, -0.2) is 4.98 Å². The second kappa shape index (κ2) is 8.04. The molecule has 0 radical (unpaired) electrons. The van der Waals surface area contributed by atoms with Crippen LogP contribution >= 0.6 is 0 Å². The highest BCUT2D eigenvalue weighted by Crippen LogP contribution is 2.45. The number of carbonyl (C=O) groups excluding carboxylic acids is 1. The summed E-state index contributed by atoms with van der Waals surface area (Å²) in [4.78, 5) is 19.7. The second-order valence-electron chi connectivity index (χ2n) is 7.96. The van der Waals surface area contributed by atoms with Gasteiger partial charge in [0.15, 0.2) is 0 Å². The summed E-state index contributed by atoms with van der Waals surface area (Å²) in [6.07, 6.45) is 3.15. The van der Waals surface area contributed by atoms with Crippen LogP contribution in [0.2, 0.25) is 0 Å². The van der Waals surface area contributed by atoms with Crippen LogP contribution in [0.3, 0.4) is 0 Å². The van der Waals surface area contributed by atoms with Crippen molar-refractivity contribution in [2.24, 2.45) is 0 Å². The highest BCUT2D eigenvalue weighted by Gasteiger charge is 2.43. The number of nitrogens with one attached hydrogen (secondary N) is 1. The number of aromatic amines is 1. The van der Waals surface area contributed by atoms with Gasteiger partial charge in [-0.2, -0.15) is 5.10 Å². The first-order chi connectivity index (χ1) is 16.7. The van der Waals surface area contributed by atoms with Crippen molar-refractivity contribution in [3.63, 3.8) is 0 Å². The number of hydrogen-bond donors (Lipinski definition) is 1. The van der Waals surface area contributed by atoms with Crippen molar-refractivity contribution < 1.29 is 13.9 Å². The van der Waals surface area contributed by atoms with Crippen molar-refractivity contribution in [2.45, 2.75) is 6.04 Å². The summed E-state index contributed by atoms with van der Waals surface area (Å²) >= 11 is 0. The summed E-state index contributed by atoms with van der Waals surface area (Å²) < 4.78 is 10.7. The van der Waals surface area contributed by atoms with Crippen LogP contribution in [-0.2, 0) is 0 Å². The number of aromatic nitrogens is 3. The van der Waals surface area contributed by atoms with E-state index >= 15 is 0 Å². The van der Waals surface area contributed by atoms with Gasteiger partial charge in [0.1, 0.15) is 17.7 Å². The Bertz CT molecular complexity index is 1440. The number of H-pyrrole nitrogens is 1. The van der Waals surface area contributed by atoms with Crippen LogP contribution in [0.4, 0.5) is 5.69 Å². The van der Waals surface area contributed by atoms with Crippen molar-refractivity contribution >= 4 is 11.6 Å². The molecule has 1 amide bonds. The monoisotopic (exact) mass is 448 g/mol. The third-order valence-electron chi connectivity index (χ3n) is 6.07. The Hall–Kier alpha value is -4.65. The average molecular weight is 448 g/mol. The van der Waals surface area contributed by atoms with E-state index in [9.17, 15) is 4.79 Å². The summed E-state index contributed by atoms with van der Waals surface area (Å²) in [5.41, 5.74) is 5.64. The number of hydrogen-bond acceptors (Lipinski definition) is 5. The number of nitrogens with zero attached hydrogens (tertiary/aromatic N) is 3. The van der Waals surface area contributed by atoms with Crippen LogP contribution in [0.15, 0.2) is 95.7 Å². The predicted octanol–water partition coefficient (Wildman–Crippen LogP) is 5.49. The van der Waals surface area contributed by atoms with E-state index in [1.54, 1.807) is 19.6 Å². The smallest absolute Gasteiger partial charge is 0.277 e. The van der Waals surface area contributed by atoms with Crippen molar-refractivity contribution in [1.82, 2.24) is 15.2 Å². The molecule has 0 bridgehead atoms. The minimum absolute atomic E-state index is 0.125. The number of rotatable bonds is 5. The van der Waals surface area contributed by atoms with Gasteiger partial charge >= 0.3 is 0 Å². The molecular formula is C27H20N4O3. The molecule has 1 aliphatic heterocycles. The number of methoxy groups -OCH3 is 1. The molecule has 0 aliphatic carbocycles. The van der Waals surface area contributed by atoms with E-state index < -0.39 is 0 Å². The fourth-order valence-corrected chi connectivity index (χ4v) is 4.46. The Balaban J connectivity index is 1.47. The molecule has 5 aromatic rings. The van der Waals surface area contributed by atoms with E-state index in [4.69, 9.17) is 9.15 Å². The molecular weight excluding hydrogens is 428 g/mol. The summed E-state index contributed by atoms with van der Waals surface area (Å²) in [5.74, 6) is 1.18. The minimum Gasteiger partial charge on any atom is -0.497 e. The molecule has 1 N–H and O–H groups in total. The van der Waals surface area contributed by atoms with Crippen molar-refractivity contribution in [3.05, 3.63) is 108 Å². The van der Waals surface area contributed by atoms with Gasteiger partial charge in [0.05, 0.1) is 25.0 Å². The van der Waals surface area contributed by atoms with E-state index in [2.05, 4.69) is 15.2 Å². The SMILES string of the molecule is COc1ccc(-c2n[nH]c3c2C(c2ccccc2)N(c2ccc(-c4ncco4)cc2)C3=O)cc1. The molecule has 166 valence electrons. The van der Waals surface area contributed by atoms with Gasteiger partial charge < -0.3 is 9.15 Å². The quantitative estimate of drug-likeness (QED) is 0.384. The first kappa shape index (κ1) is 20.0. The number of oxazole rings is 1. The van der Waals surface area contributed by atoms with Gasteiger partial charge in [-0.05, 0) is 54.1 Å². The first-order valence-corrected chi connectivity index (χ1v) is 10.9. The van der Waals surface area contributed by atoms with Gasteiger partial charge in [-0.15, -0.1) is 0 Å². The summed E-state index contributed by atoms with van der Waals surface area (Å²) in [6, 6.07) is 25.0. The number of amides is 1. The maximum Gasteiger partial charge on any atom is 0.277 e. The van der Waals surface area contributed by atoms with Crippen molar-refractivity contribution in [3.8, 4) is 28.5 Å². The normalized spacial score (nSPS) is 14.9. The Morgan fingerprint density at radius 3 is 2.35 bits per heavy atom. The zero-order valence-electron chi connectivity index (χ0n) is 18.3. The fraction of sp³-hybridized carbons (Fsp3) is 0.0741. The molecule has 0 saturated heterocycles. The van der Waals surface area contributed by atoms with Gasteiger partial charge in [0, 0.05) is 22.4 Å². The molecule has 6 rings (SSSR count). The van der Waals surface area contributed by atoms with Crippen molar-refractivity contribution in [1.29, 1.82) is 0 Å². The molecule has 1 atom stereocenters. The molecule has 0 fully saturated rings. The predicted molar refractivity (Wildman–Crippen MR) is 128 cm³/mol. The molecule has 2 aromatic heterocycles. The molecule has 1 aliphatic rings. The van der Waals surface area contributed by atoms with E-state index in [0.717, 1.165) is 39.4 Å². The van der Waals surface area contributed by atoms with Crippen LogP contribution in [-0.4, -0.2) is 28.2 Å². The summed E-state index contributed by atoms with van der Waals surface area (Å²) in [5, 5.41) is 7.53. The Kier molecular flexibility index (Phi) is 4.73. The third kappa shape index (κ3) is 3.17. The van der Waals surface area contributed by atoms with E-state index in [0.29, 0.717) is 11.6 Å². The molecule has 1 unspecified atom stereocenters. The molecule has 34 heavy (non-hydrogen) atoms. The minimum atomic E-state index is -0.327. The Morgan fingerprint density at radius 1 is 0.941 bits per heavy atom. The standard InChI is InChI=1S/C27H20N4O3/c1-33-21-13-9-17(10-14-21)23-22-24(30-29-23)27(32)31(25(22)18-5-3-2-4-6-18)20-11-7-19(8-12-20)26-28-15-16-34-26/h2-16,25H,1H3,(H,29,30). The largest absolute Gasteiger partial charge is 0.497 e. The van der Waals surface area contributed by atoms with Crippen LogP contribution < -0.4 is 9.64 Å². The number of benzene rings is 3. The fourth-order valence-electron chi connectivity index (χ4n) is 4.46. The molecule has 3 heterocycles. The van der Waals surface area contributed by atoms with Gasteiger partial charge in [-0.1, -0.05) is 30.3 Å². The maximum absolute atomic E-state index is 13.6. The number of fused-ring (bicyclic) bond motifs is 1. The lowest BCUT2D eigenvalue weighted by molar-refractivity contribution is 0.0989. The Labute approximate surface area is 195 Å². The van der Waals surface area contributed by atoms with Crippen LogP contribution in [0.25, 0.3) is 22.7 Å². The van der Waals surface area contributed by atoms with E-state index in [1.807, 2.05) is 83.8 Å². The van der Waals surface area contributed by atoms with Crippen LogP contribution in [0, 0.1) is 0 Å². The van der Waals surface area contributed by atoms with Crippen LogP contribution in [0.1, 0.15) is 27.7 Å². The topological polar surface area (TPSA) is 84.2 Å². The van der Waals surface area contributed by atoms with Gasteiger partial charge in [0.2, 0.25) is 5.89 Å². The first-order valence-electron chi connectivity index (χ1n) is 10.9. The second-order valence-corrected chi connectivity index (χ2v) is 7.96. The lowest BCUT2D eigenvalue weighted by Gasteiger charge is -2.26. The number of carbonyl (C=O) groups is 1. The number of anilines is 1. The number of ether oxygens (including phenoxy) is 1. The summed E-state index contributed by atoms with van der Waals surface area (Å²) in [6.45, 7) is 0. The lowest BCUT2D eigenvalue weighted by atomic mass is 9.96. The van der Waals surface area contributed by atoms with Gasteiger partial charge in [0.25, 0.3) is 5.91 Å². The molecule has 0 spiro atoms. The van der Waals surface area contributed by atoms with Crippen LogP contribution in [0.5, 0.6) is 5.75 Å². The zero-order valence-corrected chi connectivity index (χ0v) is 18.3. The Morgan fingerprint density at radius 2 is 1.68 bits per heavy atom. The molecule has 7 nitrogen and oxygen atoms in total. The lowest BCUT2D eigenvalue weighted by Crippen LogP contribution is -2.29. The molecule has 3 aromatic carbocycles. The highest BCUT2D eigenvalue weighted by molar-refractivity contribution is 6.11.